The topological polar surface area (TPSA) is 321 Å². The maximum atomic E-state index is 13.2. The second kappa shape index (κ2) is 18.0. The summed E-state index contributed by atoms with van der Waals surface area (Å²) >= 11 is 0. The van der Waals surface area contributed by atoms with Crippen LogP contribution in [0.1, 0.15) is 31.9 Å². The fraction of sp³-hybridized carbons (Fsp3) is 0.261. The first-order valence-electron chi connectivity index (χ1n) is 11.9. The molecule has 0 fully saturated rings. The van der Waals surface area contributed by atoms with Crippen LogP contribution in [0, 0.1) is 0 Å². The van der Waals surface area contributed by atoms with Crippen LogP contribution in [0.4, 0.5) is 16.2 Å². The van der Waals surface area contributed by atoms with Crippen LogP contribution >= 0.6 is 23.5 Å². The number of aromatic nitrogens is 2. The number of urea groups is 1. The van der Waals surface area contributed by atoms with E-state index in [1.807, 2.05) is 32.9 Å². The minimum atomic E-state index is -4.64. The number of amides is 2. The predicted octanol–water partition coefficient (Wildman–Crippen LogP) is 1.94. The van der Waals surface area contributed by atoms with Gasteiger partial charge in [0, 0.05) is 30.2 Å². The summed E-state index contributed by atoms with van der Waals surface area (Å²) in [6.45, 7) is 6.27. The minimum absolute atomic E-state index is 0.0201. The van der Waals surface area contributed by atoms with E-state index in [4.69, 9.17) is 62.5 Å². The third-order valence-corrected chi connectivity index (χ3v) is 4.66. The van der Waals surface area contributed by atoms with E-state index in [0.29, 0.717) is 23.5 Å². The number of phosphoric acid groups is 3. The lowest BCUT2D eigenvalue weighted by molar-refractivity contribution is 0.256. The number of phenolic OH excluding ortho intramolecular Hbond substituents is 1. The smallest absolute Gasteiger partial charge is 0.466 e. The van der Waals surface area contributed by atoms with Crippen LogP contribution in [0.2, 0.25) is 0 Å². The Labute approximate surface area is 257 Å². The van der Waals surface area contributed by atoms with Crippen LogP contribution in [-0.4, -0.2) is 72.3 Å². The molecule has 0 radical (unpaired) electrons. The van der Waals surface area contributed by atoms with Gasteiger partial charge in [-0.25, -0.2) is 18.5 Å². The number of aromatic hydroxyl groups is 1. The van der Waals surface area contributed by atoms with Gasteiger partial charge in [-0.1, -0.05) is 20.8 Å². The molecule has 2 heterocycles. The maximum absolute atomic E-state index is 13.2. The molecule has 0 aliphatic rings. The lowest BCUT2D eigenvalue weighted by Crippen LogP contribution is -2.34. The lowest BCUT2D eigenvalue weighted by Gasteiger charge is -2.26. The molecule has 22 heteroatoms. The minimum Gasteiger partial charge on any atom is -0.505 e. The number of hydrogen-bond donors (Lipinski definition) is 11. The van der Waals surface area contributed by atoms with E-state index >= 15 is 0 Å². The molecule has 45 heavy (non-hydrogen) atoms. The van der Waals surface area contributed by atoms with Crippen molar-refractivity contribution in [3.05, 3.63) is 72.3 Å². The number of phenols is 1. The molecule has 2 aromatic heterocycles. The Balaban J connectivity index is 0.00000107. The monoisotopic (exact) mass is 700 g/mol. The van der Waals surface area contributed by atoms with Gasteiger partial charge < -0.3 is 59.2 Å². The normalized spacial score (nSPS) is 11.3. The second-order valence-electron chi connectivity index (χ2n) is 9.44. The lowest BCUT2D eigenvalue weighted by atomic mass is 9.85. The van der Waals surface area contributed by atoms with Crippen LogP contribution in [0.5, 0.6) is 11.5 Å². The number of benzene rings is 1. The second-order valence-corrected chi connectivity index (χ2v) is 12.5. The number of carbonyl (C=O) groups excluding carboxylic acids is 1. The number of carbonyl (C=O) groups is 1. The Morgan fingerprint density at radius 1 is 0.844 bits per heavy atom. The SMILES string of the molecule is COc1cc(NC(=O)N(Cc2ccncc2)c2cccnc2)c(O)c(C(C)(C)C)c1.O=P(O)(O)O.O=P(O)(O)O.O=P(O)(O)O. The zero-order valence-corrected chi connectivity index (χ0v) is 26.9. The molecular formula is C23H35N4O15P3. The van der Waals surface area contributed by atoms with Gasteiger partial charge in [-0.15, -0.1) is 0 Å². The Morgan fingerprint density at radius 3 is 1.73 bits per heavy atom. The summed E-state index contributed by atoms with van der Waals surface area (Å²) < 4.78 is 32.0. The van der Waals surface area contributed by atoms with Crippen LogP contribution < -0.4 is 15.0 Å². The predicted molar refractivity (Wildman–Crippen MR) is 160 cm³/mol. The molecule has 3 rings (SSSR count). The zero-order valence-electron chi connectivity index (χ0n) is 24.2. The van der Waals surface area contributed by atoms with Crippen LogP contribution in [0.25, 0.3) is 0 Å². The number of methoxy groups -OCH3 is 1. The number of rotatable bonds is 5. The zero-order chi connectivity index (χ0) is 35.2. The molecule has 11 N–H and O–H groups in total. The van der Waals surface area contributed by atoms with Gasteiger partial charge in [0.15, 0.2) is 0 Å². The van der Waals surface area contributed by atoms with E-state index in [-0.39, 0.29) is 16.9 Å². The van der Waals surface area contributed by atoms with Crippen molar-refractivity contribution in [3.8, 4) is 11.5 Å². The van der Waals surface area contributed by atoms with Crippen LogP contribution in [0.15, 0.2) is 61.2 Å². The average Bonchev–Trinajstić information content (AvgIpc) is 2.86. The molecule has 1 aromatic carbocycles. The number of hydrogen-bond acceptors (Lipinski definition) is 8. The van der Waals surface area contributed by atoms with Gasteiger partial charge in [-0.05, 0) is 41.3 Å². The highest BCUT2D eigenvalue weighted by Crippen LogP contribution is 2.40. The van der Waals surface area contributed by atoms with Crippen LogP contribution in [-0.2, 0) is 25.7 Å². The fourth-order valence-electron chi connectivity index (χ4n) is 3.04. The van der Waals surface area contributed by atoms with Gasteiger partial charge in [0.2, 0.25) is 0 Å². The van der Waals surface area contributed by atoms with Gasteiger partial charge >= 0.3 is 29.5 Å². The summed E-state index contributed by atoms with van der Waals surface area (Å²) in [5.41, 5.74) is 2.17. The van der Waals surface area contributed by atoms with Crippen molar-refractivity contribution in [3.63, 3.8) is 0 Å². The molecule has 0 saturated carbocycles. The summed E-state index contributed by atoms with van der Waals surface area (Å²) in [7, 11) is -12.4. The molecule has 3 aromatic rings. The molecule has 0 atom stereocenters. The van der Waals surface area contributed by atoms with Gasteiger partial charge in [0.25, 0.3) is 0 Å². The van der Waals surface area contributed by atoms with Gasteiger partial charge in [-0.3, -0.25) is 14.9 Å². The Hall–Kier alpha value is -3.28. The van der Waals surface area contributed by atoms with Crippen molar-refractivity contribution in [1.82, 2.24) is 9.97 Å². The van der Waals surface area contributed by atoms with Crippen molar-refractivity contribution < 1.29 is 72.4 Å². The molecule has 0 aliphatic heterocycles. The van der Waals surface area contributed by atoms with E-state index in [0.717, 1.165) is 5.56 Å². The van der Waals surface area contributed by atoms with Gasteiger partial charge in [-0.2, -0.15) is 0 Å². The summed E-state index contributed by atoms with van der Waals surface area (Å²) in [6, 6.07) is 10.2. The van der Waals surface area contributed by atoms with E-state index < -0.39 is 29.5 Å². The highest BCUT2D eigenvalue weighted by atomic mass is 31.2. The summed E-state index contributed by atoms with van der Waals surface area (Å²) in [5.74, 6) is 0.571. The number of pyridine rings is 2. The summed E-state index contributed by atoms with van der Waals surface area (Å²) in [5, 5.41) is 13.7. The molecule has 19 nitrogen and oxygen atoms in total. The van der Waals surface area contributed by atoms with Crippen LogP contribution in [0.3, 0.4) is 0 Å². The number of nitrogens with zero attached hydrogens (tertiary/aromatic N) is 3. The number of anilines is 2. The van der Waals surface area contributed by atoms with Crippen molar-refractivity contribution >= 4 is 40.9 Å². The Bertz CT molecular complexity index is 1420. The first-order chi connectivity index (χ1) is 20.3. The van der Waals surface area contributed by atoms with Crippen molar-refractivity contribution in [1.29, 1.82) is 0 Å². The molecule has 252 valence electrons. The third-order valence-electron chi connectivity index (χ3n) is 4.66. The van der Waals surface area contributed by atoms with E-state index in [9.17, 15) is 9.90 Å². The summed E-state index contributed by atoms with van der Waals surface area (Å²) in [4.78, 5) is 87.6. The van der Waals surface area contributed by atoms with E-state index in [1.165, 1.54) is 0 Å². The molecule has 2 amide bonds. The van der Waals surface area contributed by atoms with Crippen molar-refractivity contribution in [2.24, 2.45) is 0 Å². The van der Waals surface area contributed by atoms with Gasteiger partial charge in [0.05, 0.1) is 31.2 Å². The fourth-order valence-corrected chi connectivity index (χ4v) is 3.04. The standard InChI is InChI=1S/C23H26N4O3.3H3O4P/c1-23(2,3)19-12-18(30-4)13-20(21(19)28)26-22(29)27(17-6-5-9-25-14-17)15-16-7-10-24-11-8-16;3*1-5(2,3)4/h5-14,28H,15H2,1-4H3,(H,26,29);3*(H3,1,2,3,4). The quantitative estimate of drug-likeness (QED) is 0.134. The van der Waals surface area contributed by atoms with Crippen molar-refractivity contribution in [2.75, 3.05) is 17.3 Å². The number of ether oxygens (including phenoxy) is 1. The highest BCUT2D eigenvalue weighted by Gasteiger charge is 2.24. The Morgan fingerprint density at radius 2 is 1.33 bits per heavy atom. The number of nitrogens with one attached hydrogen (secondary N) is 1. The Kier molecular flexibility index (Phi) is 16.7. The van der Waals surface area contributed by atoms with Gasteiger partial charge in [0.1, 0.15) is 11.5 Å². The molecule has 0 spiro atoms. The van der Waals surface area contributed by atoms with Crippen molar-refractivity contribution in [2.45, 2.75) is 32.7 Å². The average molecular weight is 700 g/mol. The molecule has 0 unspecified atom stereocenters. The first kappa shape index (κ1) is 41.7. The maximum Gasteiger partial charge on any atom is 0.466 e. The molecule has 0 saturated heterocycles. The molecule has 0 aliphatic carbocycles. The highest BCUT2D eigenvalue weighted by molar-refractivity contribution is 7.45. The molecular weight excluding hydrogens is 665 g/mol. The first-order valence-corrected chi connectivity index (χ1v) is 16.6. The molecule has 0 bridgehead atoms. The van der Waals surface area contributed by atoms with E-state index in [2.05, 4.69) is 15.3 Å². The third kappa shape index (κ3) is 22.0. The summed E-state index contributed by atoms with van der Waals surface area (Å²) in [6.07, 6.45) is 6.62. The van der Waals surface area contributed by atoms with E-state index in [1.54, 1.807) is 61.1 Å². The largest absolute Gasteiger partial charge is 0.505 e.